The van der Waals surface area contributed by atoms with Crippen molar-refractivity contribution in [2.24, 2.45) is 11.8 Å². The molecular formula is C20H39NO6. The maximum Gasteiger partial charge on any atom is 0.305 e. The molecule has 1 amide bonds. The maximum atomic E-state index is 11.9. The van der Waals surface area contributed by atoms with Crippen LogP contribution >= 0.6 is 0 Å². The predicted octanol–water partition coefficient (Wildman–Crippen LogP) is 2.65. The Morgan fingerprint density at radius 1 is 1.07 bits per heavy atom. The predicted molar refractivity (Wildman–Crippen MR) is 104 cm³/mol. The van der Waals surface area contributed by atoms with E-state index in [-0.39, 0.29) is 31.5 Å². The van der Waals surface area contributed by atoms with Gasteiger partial charge in [0.05, 0.1) is 18.3 Å². The van der Waals surface area contributed by atoms with Crippen LogP contribution in [0.5, 0.6) is 0 Å². The van der Waals surface area contributed by atoms with Crippen LogP contribution in [0.4, 0.5) is 0 Å². The first-order valence-corrected chi connectivity index (χ1v) is 9.81. The standard InChI is InChI=1S/C20H39NO6/c1-14(2)11-21-17(23)9-8-10-18(24)25-13-19(27-20(5,6)7)26-16(12-22)15(3)4/h14-16,19,22H,8-13H2,1-7H3,(H,21,23). The van der Waals surface area contributed by atoms with Crippen molar-refractivity contribution in [1.29, 1.82) is 0 Å². The summed E-state index contributed by atoms with van der Waals surface area (Å²) in [6.45, 7) is 14.0. The minimum Gasteiger partial charge on any atom is -0.460 e. The van der Waals surface area contributed by atoms with Gasteiger partial charge in [0, 0.05) is 19.4 Å². The third-order valence-electron chi connectivity index (χ3n) is 3.61. The van der Waals surface area contributed by atoms with Crippen molar-refractivity contribution < 1.29 is 28.9 Å². The van der Waals surface area contributed by atoms with Crippen LogP contribution in [0.15, 0.2) is 0 Å². The molecule has 0 rings (SSSR count). The highest BCUT2D eigenvalue weighted by Crippen LogP contribution is 2.17. The number of ether oxygens (including phenoxy) is 3. The highest BCUT2D eigenvalue weighted by atomic mass is 16.7. The Bertz CT molecular complexity index is 431. The third kappa shape index (κ3) is 14.5. The lowest BCUT2D eigenvalue weighted by Gasteiger charge is -2.31. The van der Waals surface area contributed by atoms with E-state index in [1.807, 2.05) is 48.5 Å². The fraction of sp³-hybridized carbons (Fsp3) is 0.900. The number of rotatable bonds is 13. The number of nitrogens with one attached hydrogen (secondary N) is 1. The molecule has 27 heavy (non-hydrogen) atoms. The minimum absolute atomic E-state index is 0.0567. The Balaban J connectivity index is 4.35. The molecule has 0 bridgehead atoms. The van der Waals surface area contributed by atoms with Crippen LogP contribution in [0.3, 0.4) is 0 Å². The van der Waals surface area contributed by atoms with Crippen molar-refractivity contribution in [3.63, 3.8) is 0 Å². The monoisotopic (exact) mass is 389 g/mol. The molecule has 2 atom stereocenters. The SMILES string of the molecule is CC(C)CNC(=O)CCCC(=O)OCC(OC(CO)C(C)C)OC(C)(C)C. The van der Waals surface area contributed by atoms with Gasteiger partial charge in [0.25, 0.3) is 0 Å². The van der Waals surface area contributed by atoms with Gasteiger partial charge < -0.3 is 24.6 Å². The van der Waals surface area contributed by atoms with E-state index in [1.165, 1.54) is 0 Å². The van der Waals surface area contributed by atoms with Gasteiger partial charge in [-0.25, -0.2) is 0 Å². The Morgan fingerprint density at radius 2 is 1.70 bits per heavy atom. The van der Waals surface area contributed by atoms with Crippen molar-refractivity contribution in [2.45, 2.75) is 85.7 Å². The fourth-order valence-electron chi connectivity index (χ4n) is 2.13. The number of carbonyl (C=O) groups excluding carboxylic acids is 2. The zero-order valence-electron chi connectivity index (χ0n) is 18.0. The summed E-state index contributed by atoms with van der Waals surface area (Å²) < 4.78 is 16.8. The molecule has 7 heteroatoms. The molecule has 7 nitrogen and oxygen atoms in total. The molecule has 0 aliphatic heterocycles. The normalized spacial score (nSPS) is 14.3. The van der Waals surface area contributed by atoms with Crippen LogP contribution in [0.2, 0.25) is 0 Å². The molecule has 0 aliphatic rings. The van der Waals surface area contributed by atoms with Crippen LogP contribution in [-0.2, 0) is 23.8 Å². The Morgan fingerprint density at radius 3 is 2.19 bits per heavy atom. The van der Waals surface area contributed by atoms with Gasteiger partial charge in [-0.15, -0.1) is 0 Å². The molecule has 0 fully saturated rings. The summed E-state index contributed by atoms with van der Waals surface area (Å²) in [5, 5.41) is 12.3. The number of carbonyl (C=O) groups is 2. The lowest BCUT2D eigenvalue weighted by molar-refractivity contribution is -0.243. The first-order valence-electron chi connectivity index (χ1n) is 9.81. The van der Waals surface area contributed by atoms with E-state index in [0.29, 0.717) is 25.3 Å². The molecule has 0 heterocycles. The third-order valence-corrected chi connectivity index (χ3v) is 3.61. The minimum atomic E-state index is -0.761. The van der Waals surface area contributed by atoms with Crippen LogP contribution in [0, 0.1) is 11.8 Å². The molecule has 0 radical (unpaired) electrons. The first-order chi connectivity index (χ1) is 12.4. The molecule has 0 aromatic heterocycles. The summed E-state index contributed by atoms with van der Waals surface area (Å²) in [5.74, 6) is 0.0349. The van der Waals surface area contributed by atoms with Gasteiger partial charge >= 0.3 is 5.97 Å². The van der Waals surface area contributed by atoms with E-state index >= 15 is 0 Å². The fourth-order valence-corrected chi connectivity index (χ4v) is 2.13. The topological polar surface area (TPSA) is 94.1 Å². The van der Waals surface area contributed by atoms with Gasteiger partial charge in [-0.2, -0.15) is 0 Å². The zero-order valence-corrected chi connectivity index (χ0v) is 18.0. The van der Waals surface area contributed by atoms with E-state index in [2.05, 4.69) is 5.32 Å². The second kappa shape index (κ2) is 13.1. The van der Waals surface area contributed by atoms with E-state index in [1.54, 1.807) is 0 Å². The Hall–Kier alpha value is -1.18. The summed E-state index contributed by atoms with van der Waals surface area (Å²) in [7, 11) is 0. The van der Waals surface area contributed by atoms with Gasteiger partial charge in [-0.3, -0.25) is 9.59 Å². The van der Waals surface area contributed by atoms with Crippen LogP contribution in [-0.4, -0.2) is 54.7 Å². The smallest absolute Gasteiger partial charge is 0.305 e. The average molecular weight is 390 g/mol. The Kier molecular flexibility index (Phi) is 12.5. The number of aliphatic hydroxyl groups excluding tert-OH is 1. The molecular weight excluding hydrogens is 350 g/mol. The molecule has 160 valence electrons. The van der Waals surface area contributed by atoms with E-state index in [4.69, 9.17) is 14.2 Å². The highest BCUT2D eigenvalue weighted by Gasteiger charge is 2.25. The number of hydrogen-bond donors (Lipinski definition) is 2. The van der Waals surface area contributed by atoms with Crippen molar-refractivity contribution in [2.75, 3.05) is 19.8 Å². The zero-order chi connectivity index (χ0) is 21.0. The molecule has 2 unspecified atom stereocenters. The van der Waals surface area contributed by atoms with Gasteiger partial charge in [-0.05, 0) is 39.0 Å². The summed E-state index contributed by atoms with van der Waals surface area (Å²) in [6.07, 6.45) is -0.284. The summed E-state index contributed by atoms with van der Waals surface area (Å²) >= 11 is 0. The molecule has 0 spiro atoms. The van der Waals surface area contributed by atoms with Crippen LogP contribution in [0.25, 0.3) is 0 Å². The summed E-state index contributed by atoms with van der Waals surface area (Å²) in [5.41, 5.74) is -0.484. The number of amides is 1. The number of esters is 1. The average Bonchev–Trinajstić information content (AvgIpc) is 2.53. The van der Waals surface area contributed by atoms with Crippen molar-refractivity contribution in [3.8, 4) is 0 Å². The van der Waals surface area contributed by atoms with Gasteiger partial charge in [-0.1, -0.05) is 27.7 Å². The van der Waals surface area contributed by atoms with E-state index in [9.17, 15) is 14.7 Å². The number of aliphatic hydroxyl groups is 1. The maximum absolute atomic E-state index is 11.9. The molecule has 0 aromatic rings. The van der Waals surface area contributed by atoms with Gasteiger partial charge in [0.1, 0.15) is 6.61 Å². The lowest BCUT2D eigenvalue weighted by atomic mass is 10.1. The number of hydrogen-bond acceptors (Lipinski definition) is 6. The summed E-state index contributed by atoms with van der Waals surface area (Å²) in [6, 6.07) is 0. The Labute approximate surface area is 164 Å². The van der Waals surface area contributed by atoms with Gasteiger partial charge in [0.15, 0.2) is 6.29 Å². The second-order valence-corrected chi connectivity index (χ2v) is 8.50. The second-order valence-electron chi connectivity index (χ2n) is 8.50. The lowest BCUT2D eigenvalue weighted by Crippen LogP contribution is -2.39. The van der Waals surface area contributed by atoms with Crippen molar-refractivity contribution in [1.82, 2.24) is 5.32 Å². The highest BCUT2D eigenvalue weighted by molar-refractivity contribution is 5.76. The van der Waals surface area contributed by atoms with E-state index in [0.717, 1.165) is 0 Å². The molecule has 0 saturated heterocycles. The first kappa shape index (κ1) is 25.8. The van der Waals surface area contributed by atoms with E-state index < -0.39 is 24.0 Å². The van der Waals surface area contributed by atoms with Gasteiger partial charge in [0.2, 0.25) is 5.91 Å². The van der Waals surface area contributed by atoms with Crippen LogP contribution < -0.4 is 5.32 Å². The van der Waals surface area contributed by atoms with Crippen molar-refractivity contribution >= 4 is 11.9 Å². The summed E-state index contributed by atoms with van der Waals surface area (Å²) in [4.78, 5) is 23.6. The largest absolute Gasteiger partial charge is 0.460 e. The molecule has 0 aliphatic carbocycles. The molecule has 0 aromatic carbocycles. The molecule has 2 N–H and O–H groups in total. The van der Waals surface area contributed by atoms with Crippen LogP contribution in [0.1, 0.15) is 67.7 Å². The molecule has 0 saturated carbocycles. The quantitative estimate of drug-likeness (QED) is 0.371. The van der Waals surface area contributed by atoms with Crippen molar-refractivity contribution in [3.05, 3.63) is 0 Å².